The first-order valence-electron chi connectivity index (χ1n) is 9.55. The highest BCUT2D eigenvalue weighted by atomic mass is 16.7. The predicted molar refractivity (Wildman–Crippen MR) is 110 cm³/mol. The first kappa shape index (κ1) is 20.0. The number of hydrogen-bond acceptors (Lipinski definition) is 5. The van der Waals surface area contributed by atoms with Crippen LogP contribution in [0.15, 0.2) is 36.4 Å². The summed E-state index contributed by atoms with van der Waals surface area (Å²) in [6.07, 6.45) is 3.18. The van der Waals surface area contributed by atoms with Gasteiger partial charge in [-0.2, -0.15) is 0 Å². The Hall–Kier alpha value is -2.73. The van der Waals surface area contributed by atoms with E-state index in [0.717, 1.165) is 48.5 Å². The molecule has 1 amide bonds. The van der Waals surface area contributed by atoms with E-state index in [1.165, 1.54) is 5.56 Å². The number of aryl methyl sites for hydroxylation is 2. The third kappa shape index (κ3) is 4.95. The van der Waals surface area contributed by atoms with Crippen LogP contribution in [0.25, 0.3) is 0 Å². The van der Waals surface area contributed by atoms with Crippen molar-refractivity contribution in [3.05, 3.63) is 47.5 Å². The van der Waals surface area contributed by atoms with Crippen molar-refractivity contribution in [3.8, 4) is 11.5 Å². The highest BCUT2D eigenvalue weighted by Crippen LogP contribution is 2.30. The Morgan fingerprint density at radius 1 is 1.11 bits per heavy atom. The smallest absolute Gasteiger partial charge is 0.243 e. The third-order valence-corrected chi connectivity index (χ3v) is 4.90. The average Bonchev–Trinajstić information content (AvgIpc) is 2.89. The molecule has 0 radical (unpaired) electrons. The Morgan fingerprint density at radius 2 is 1.93 bits per heavy atom. The highest BCUT2D eigenvalue weighted by Gasteiger charge is 2.19. The lowest BCUT2D eigenvalue weighted by Crippen LogP contribution is -2.34. The van der Waals surface area contributed by atoms with Gasteiger partial charge in [0.1, 0.15) is 11.5 Å². The fraction of sp³-hybridized carbons (Fsp3) is 0.409. The number of hydrogen-bond donors (Lipinski definition) is 1. The van der Waals surface area contributed by atoms with E-state index in [9.17, 15) is 4.79 Å². The van der Waals surface area contributed by atoms with Gasteiger partial charge in [-0.3, -0.25) is 4.79 Å². The SMILES string of the molecule is COCOc1ccc(NC(=O)CN2CCCCc3cc(OC)ccc32)c(C)c1. The first-order chi connectivity index (χ1) is 13.6. The molecule has 3 rings (SSSR count). The number of fused-ring (bicyclic) bond motifs is 1. The van der Waals surface area contributed by atoms with Crippen molar-refractivity contribution in [1.82, 2.24) is 0 Å². The van der Waals surface area contributed by atoms with Crippen LogP contribution in [-0.2, 0) is 16.0 Å². The van der Waals surface area contributed by atoms with E-state index in [4.69, 9.17) is 14.2 Å². The molecule has 2 aromatic rings. The molecule has 2 aromatic carbocycles. The Bertz CT molecular complexity index is 822. The van der Waals surface area contributed by atoms with Gasteiger partial charge in [-0.05, 0) is 73.7 Å². The topological polar surface area (TPSA) is 60.0 Å². The van der Waals surface area contributed by atoms with Crippen molar-refractivity contribution in [1.29, 1.82) is 0 Å². The quantitative estimate of drug-likeness (QED) is 0.737. The van der Waals surface area contributed by atoms with E-state index in [1.54, 1.807) is 14.2 Å². The summed E-state index contributed by atoms with van der Waals surface area (Å²) in [5, 5.41) is 3.02. The van der Waals surface area contributed by atoms with Crippen LogP contribution in [0, 0.1) is 6.92 Å². The second-order valence-electron chi connectivity index (χ2n) is 6.95. The minimum absolute atomic E-state index is 0.0303. The Morgan fingerprint density at radius 3 is 2.68 bits per heavy atom. The van der Waals surface area contributed by atoms with Crippen LogP contribution in [0.5, 0.6) is 11.5 Å². The third-order valence-electron chi connectivity index (χ3n) is 4.90. The molecular weight excluding hydrogens is 356 g/mol. The minimum Gasteiger partial charge on any atom is -0.497 e. The van der Waals surface area contributed by atoms with Crippen molar-refractivity contribution in [3.63, 3.8) is 0 Å². The van der Waals surface area contributed by atoms with Crippen molar-refractivity contribution in [2.75, 3.05) is 44.3 Å². The summed E-state index contributed by atoms with van der Waals surface area (Å²) in [5.41, 5.74) is 4.09. The lowest BCUT2D eigenvalue weighted by atomic mass is 10.1. The van der Waals surface area contributed by atoms with Gasteiger partial charge in [0.05, 0.1) is 13.7 Å². The van der Waals surface area contributed by atoms with Gasteiger partial charge >= 0.3 is 0 Å². The lowest BCUT2D eigenvalue weighted by Gasteiger charge is -2.25. The molecule has 0 unspecified atom stereocenters. The average molecular weight is 384 g/mol. The van der Waals surface area contributed by atoms with Gasteiger partial charge in [0.25, 0.3) is 0 Å². The van der Waals surface area contributed by atoms with E-state index in [2.05, 4.69) is 22.3 Å². The van der Waals surface area contributed by atoms with Crippen LogP contribution in [-0.4, -0.2) is 40.0 Å². The van der Waals surface area contributed by atoms with Crippen LogP contribution in [0.3, 0.4) is 0 Å². The molecule has 1 heterocycles. The number of methoxy groups -OCH3 is 2. The Labute approximate surface area is 166 Å². The number of carbonyl (C=O) groups is 1. The maximum Gasteiger partial charge on any atom is 0.243 e. The van der Waals surface area contributed by atoms with E-state index >= 15 is 0 Å². The van der Waals surface area contributed by atoms with Gasteiger partial charge in [-0.1, -0.05) is 0 Å². The van der Waals surface area contributed by atoms with Gasteiger partial charge in [-0.15, -0.1) is 0 Å². The summed E-state index contributed by atoms with van der Waals surface area (Å²) >= 11 is 0. The zero-order chi connectivity index (χ0) is 19.9. The molecule has 0 saturated heterocycles. The van der Waals surface area contributed by atoms with Crippen LogP contribution in [0.1, 0.15) is 24.0 Å². The van der Waals surface area contributed by atoms with Crippen LogP contribution in [0.4, 0.5) is 11.4 Å². The number of nitrogens with zero attached hydrogens (tertiary/aromatic N) is 1. The van der Waals surface area contributed by atoms with E-state index in [1.807, 2.05) is 31.2 Å². The van der Waals surface area contributed by atoms with Crippen molar-refractivity contribution in [2.24, 2.45) is 0 Å². The maximum atomic E-state index is 12.7. The molecule has 0 atom stereocenters. The molecule has 0 saturated carbocycles. The molecule has 0 bridgehead atoms. The second kappa shape index (κ2) is 9.46. The number of rotatable bonds is 7. The van der Waals surface area contributed by atoms with Crippen molar-refractivity contribution >= 4 is 17.3 Å². The molecule has 1 N–H and O–H groups in total. The van der Waals surface area contributed by atoms with Crippen LogP contribution < -0.4 is 19.7 Å². The van der Waals surface area contributed by atoms with Gasteiger partial charge in [0.15, 0.2) is 6.79 Å². The molecule has 0 aliphatic carbocycles. The molecule has 6 heteroatoms. The molecule has 1 aliphatic rings. The Balaban J connectivity index is 1.68. The number of amides is 1. The van der Waals surface area contributed by atoms with Gasteiger partial charge in [0.2, 0.25) is 5.91 Å². The number of nitrogens with one attached hydrogen (secondary N) is 1. The van der Waals surface area contributed by atoms with Crippen molar-refractivity contribution < 1.29 is 19.0 Å². The zero-order valence-electron chi connectivity index (χ0n) is 16.8. The number of benzene rings is 2. The molecule has 0 aromatic heterocycles. The lowest BCUT2D eigenvalue weighted by molar-refractivity contribution is -0.115. The zero-order valence-corrected chi connectivity index (χ0v) is 16.8. The normalized spacial score (nSPS) is 13.5. The number of anilines is 2. The Kier molecular flexibility index (Phi) is 6.76. The van der Waals surface area contributed by atoms with Gasteiger partial charge < -0.3 is 24.4 Å². The molecule has 0 fully saturated rings. The molecule has 1 aliphatic heterocycles. The summed E-state index contributed by atoms with van der Waals surface area (Å²) in [6, 6.07) is 11.7. The summed E-state index contributed by atoms with van der Waals surface area (Å²) in [5.74, 6) is 1.54. The van der Waals surface area contributed by atoms with Gasteiger partial charge in [-0.25, -0.2) is 0 Å². The molecule has 150 valence electrons. The summed E-state index contributed by atoms with van der Waals surface area (Å²) in [4.78, 5) is 14.9. The maximum absolute atomic E-state index is 12.7. The fourth-order valence-electron chi connectivity index (χ4n) is 3.46. The molecule has 0 spiro atoms. The standard InChI is InChI=1S/C22H28N2O4/c1-16-12-19(28-15-26-2)7-9-20(16)23-22(25)14-24-11-5-4-6-17-13-18(27-3)8-10-21(17)24/h7-10,12-13H,4-6,11,14-15H2,1-3H3,(H,23,25). The van der Waals surface area contributed by atoms with Crippen LogP contribution >= 0.6 is 0 Å². The first-order valence-corrected chi connectivity index (χ1v) is 9.55. The second-order valence-corrected chi connectivity index (χ2v) is 6.95. The van der Waals surface area contributed by atoms with E-state index < -0.39 is 0 Å². The monoisotopic (exact) mass is 384 g/mol. The summed E-state index contributed by atoms with van der Waals surface area (Å²) < 4.78 is 15.7. The fourth-order valence-corrected chi connectivity index (χ4v) is 3.46. The number of carbonyl (C=O) groups excluding carboxylic acids is 1. The molecule has 6 nitrogen and oxygen atoms in total. The van der Waals surface area contributed by atoms with E-state index in [0.29, 0.717) is 12.3 Å². The highest BCUT2D eigenvalue weighted by molar-refractivity contribution is 5.95. The van der Waals surface area contributed by atoms with Crippen molar-refractivity contribution in [2.45, 2.75) is 26.2 Å². The summed E-state index contributed by atoms with van der Waals surface area (Å²) in [6.45, 7) is 3.34. The largest absolute Gasteiger partial charge is 0.497 e. The number of ether oxygens (including phenoxy) is 3. The predicted octanol–water partition coefficient (Wildman–Crippen LogP) is 3.77. The minimum atomic E-state index is -0.0303. The molecular formula is C22H28N2O4. The van der Waals surface area contributed by atoms with Crippen LogP contribution in [0.2, 0.25) is 0 Å². The van der Waals surface area contributed by atoms with E-state index in [-0.39, 0.29) is 12.7 Å². The van der Waals surface area contributed by atoms with Gasteiger partial charge in [0, 0.05) is 25.0 Å². The molecule has 28 heavy (non-hydrogen) atoms. The summed E-state index contributed by atoms with van der Waals surface area (Å²) in [7, 11) is 3.26.